The second kappa shape index (κ2) is 6.76. The Labute approximate surface area is 78.7 Å². The van der Waals surface area contributed by atoms with E-state index in [1.807, 2.05) is 0 Å². The third-order valence-electron chi connectivity index (χ3n) is 1.05. The number of esters is 1. The highest BCUT2D eigenvalue weighted by molar-refractivity contribution is 7.79. The lowest BCUT2D eigenvalue weighted by atomic mass is 10.4. The van der Waals surface area contributed by atoms with Crippen LogP contribution in [0.5, 0.6) is 0 Å². The maximum absolute atomic E-state index is 10.7. The monoisotopic (exact) mass is 207 g/mol. The van der Waals surface area contributed by atoms with Crippen molar-refractivity contribution in [2.75, 3.05) is 12.4 Å². The SMILES string of the molecule is CC=CC(=O)OCC(O)CS(=O)[O-]. The highest BCUT2D eigenvalue weighted by atomic mass is 32.2. The first-order valence-electron chi connectivity index (χ1n) is 3.59. The molecule has 0 amide bonds. The van der Waals surface area contributed by atoms with E-state index in [4.69, 9.17) is 5.11 Å². The second-order valence-electron chi connectivity index (χ2n) is 2.25. The molecule has 0 aliphatic carbocycles. The molecule has 0 aromatic rings. The minimum absolute atomic E-state index is 0.308. The number of aliphatic hydroxyl groups is 1. The predicted molar refractivity (Wildman–Crippen MR) is 45.6 cm³/mol. The van der Waals surface area contributed by atoms with Gasteiger partial charge in [-0.1, -0.05) is 17.2 Å². The molecule has 6 heteroatoms. The fourth-order valence-corrected chi connectivity index (χ4v) is 0.978. The number of hydrogen-bond acceptors (Lipinski definition) is 5. The zero-order chi connectivity index (χ0) is 10.3. The summed E-state index contributed by atoms with van der Waals surface area (Å²) in [6.07, 6.45) is 1.51. The van der Waals surface area contributed by atoms with Gasteiger partial charge in [-0.05, 0) is 6.92 Å². The van der Waals surface area contributed by atoms with Crippen molar-refractivity contribution >= 4 is 17.0 Å². The number of rotatable bonds is 5. The van der Waals surface area contributed by atoms with Gasteiger partial charge in [0.1, 0.15) is 6.61 Å². The first-order chi connectivity index (χ1) is 6.06. The Kier molecular flexibility index (Phi) is 6.38. The van der Waals surface area contributed by atoms with Gasteiger partial charge in [0, 0.05) is 11.8 Å². The molecular weight excluding hydrogens is 196 g/mol. The van der Waals surface area contributed by atoms with Crippen LogP contribution in [0.25, 0.3) is 0 Å². The molecule has 2 unspecified atom stereocenters. The fourth-order valence-electron chi connectivity index (χ4n) is 0.568. The standard InChI is InChI=1S/C7H12O5S/c1-2-3-7(9)12-4-6(8)5-13(10)11/h2-3,6,8H,4-5H2,1H3,(H,10,11)/p-1. The minimum atomic E-state index is -2.32. The number of carbonyl (C=O) groups excluding carboxylic acids is 1. The number of ether oxygens (including phenoxy) is 1. The second-order valence-corrected chi connectivity index (χ2v) is 3.20. The molecule has 0 saturated carbocycles. The molecule has 0 saturated heterocycles. The van der Waals surface area contributed by atoms with Crippen LogP contribution in [0, 0.1) is 0 Å². The Bertz CT molecular complexity index is 213. The van der Waals surface area contributed by atoms with Crippen LogP contribution < -0.4 is 0 Å². The van der Waals surface area contributed by atoms with Gasteiger partial charge < -0.3 is 14.4 Å². The molecule has 0 spiro atoms. The van der Waals surface area contributed by atoms with Crippen molar-refractivity contribution in [3.63, 3.8) is 0 Å². The Hall–Kier alpha value is -0.720. The van der Waals surface area contributed by atoms with Crippen LogP contribution >= 0.6 is 0 Å². The summed E-state index contributed by atoms with van der Waals surface area (Å²) in [7, 11) is 0. The summed E-state index contributed by atoms with van der Waals surface area (Å²) in [5, 5.41) is 8.94. The first kappa shape index (κ1) is 12.3. The van der Waals surface area contributed by atoms with Crippen molar-refractivity contribution in [3.8, 4) is 0 Å². The highest BCUT2D eigenvalue weighted by Gasteiger charge is 2.06. The van der Waals surface area contributed by atoms with Gasteiger partial charge in [0.05, 0.1) is 6.10 Å². The normalized spacial score (nSPS) is 15.6. The fraction of sp³-hybridized carbons (Fsp3) is 0.571. The number of allylic oxidation sites excluding steroid dienone is 1. The lowest BCUT2D eigenvalue weighted by molar-refractivity contribution is -0.140. The van der Waals surface area contributed by atoms with Crippen LogP contribution in [0.3, 0.4) is 0 Å². The molecule has 0 aliphatic rings. The smallest absolute Gasteiger partial charge is 0.330 e. The topological polar surface area (TPSA) is 86.7 Å². The lowest BCUT2D eigenvalue weighted by Crippen LogP contribution is -2.23. The molecule has 0 bridgehead atoms. The number of aliphatic hydroxyl groups excluding tert-OH is 1. The summed E-state index contributed by atoms with van der Waals surface area (Å²) >= 11 is -2.32. The van der Waals surface area contributed by atoms with Gasteiger partial charge in [0.15, 0.2) is 0 Å². The molecule has 0 rings (SSSR count). The van der Waals surface area contributed by atoms with Gasteiger partial charge in [-0.15, -0.1) is 0 Å². The van der Waals surface area contributed by atoms with Crippen molar-refractivity contribution in [2.45, 2.75) is 13.0 Å². The van der Waals surface area contributed by atoms with E-state index < -0.39 is 28.9 Å². The van der Waals surface area contributed by atoms with Gasteiger partial charge >= 0.3 is 5.97 Å². The van der Waals surface area contributed by atoms with Crippen molar-refractivity contribution in [1.82, 2.24) is 0 Å². The number of hydrogen-bond donors (Lipinski definition) is 1. The first-order valence-corrected chi connectivity index (χ1v) is 4.84. The average molecular weight is 207 g/mol. The molecule has 0 aromatic heterocycles. The van der Waals surface area contributed by atoms with Gasteiger partial charge in [0.25, 0.3) is 0 Å². The third-order valence-corrected chi connectivity index (χ3v) is 1.71. The van der Waals surface area contributed by atoms with Gasteiger partial charge in [-0.3, -0.25) is 4.21 Å². The predicted octanol–water partition coefficient (Wildman–Crippen LogP) is -0.654. The Morgan fingerprint density at radius 1 is 1.77 bits per heavy atom. The summed E-state index contributed by atoms with van der Waals surface area (Å²) in [5.74, 6) is -1.03. The molecule has 0 aliphatic heterocycles. The van der Waals surface area contributed by atoms with E-state index in [-0.39, 0.29) is 6.61 Å². The van der Waals surface area contributed by atoms with Gasteiger partial charge in [-0.2, -0.15) is 0 Å². The zero-order valence-electron chi connectivity index (χ0n) is 7.13. The van der Waals surface area contributed by atoms with E-state index >= 15 is 0 Å². The van der Waals surface area contributed by atoms with E-state index in [0.29, 0.717) is 0 Å². The molecule has 0 heterocycles. The molecule has 1 N–H and O–H groups in total. The van der Waals surface area contributed by atoms with Crippen molar-refractivity contribution in [3.05, 3.63) is 12.2 Å². The van der Waals surface area contributed by atoms with E-state index in [2.05, 4.69) is 4.74 Å². The van der Waals surface area contributed by atoms with E-state index in [0.717, 1.165) is 0 Å². The maximum Gasteiger partial charge on any atom is 0.330 e. The minimum Gasteiger partial charge on any atom is -0.772 e. The molecule has 0 aromatic carbocycles. The summed E-state index contributed by atoms with van der Waals surface area (Å²) < 4.78 is 24.6. The van der Waals surface area contributed by atoms with Crippen molar-refractivity contribution in [2.24, 2.45) is 0 Å². The highest BCUT2D eigenvalue weighted by Crippen LogP contribution is 1.90. The number of carbonyl (C=O) groups is 1. The summed E-state index contributed by atoms with van der Waals surface area (Å²) in [5.41, 5.74) is 0. The molecule has 0 fully saturated rings. The molecule has 13 heavy (non-hydrogen) atoms. The van der Waals surface area contributed by atoms with Crippen LogP contribution in [0.15, 0.2) is 12.2 Å². The van der Waals surface area contributed by atoms with Crippen LogP contribution in [-0.4, -0.2) is 38.3 Å². The molecule has 5 nitrogen and oxygen atoms in total. The van der Waals surface area contributed by atoms with Gasteiger partial charge in [0.2, 0.25) is 0 Å². The molecule has 2 atom stereocenters. The van der Waals surface area contributed by atoms with Crippen molar-refractivity contribution in [1.29, 1.82) is 0 Å². The third kappa shape index (κ3) is 7.63. The molecular formula is C7H11O5S-. The Morgan fingerprint density at radius 2 is 2.38 bits per heavy atom. The van der Waals surface area contributed by atoms with E-state index in [9.17, 15) is 13.6 Å². The van der Waals surface area contributed by atoms with Gasteiger partial charge in [-0.25, -0.2) is 4.79 Å². The lowest BCUT2D eigenvalue weighted by Gasteiger charge is -2.11. The Balaban J connectivity index is 3.63. The van der Waals surface area contributed by atoms with Crippen LogP contribution in [0.2, 0.25) is 0 Å². The maximum atomic E-state index is 10.7. The molecule has 76 valence electrons. The van der Waals surface area contributed by atoms with E-state index in [1.54, 1.807) is 6.92 Å². The van der Waals surface area contributed by atoms with Crippen LogP contribution in [-0.2, 0) is 20.6 Å². The molecule has 0 radical (unpaired) electrons. The van der Waals surface area contributed by atoms with Crippen molar-refractivity contribution < 1.29 is 23.4 Å². The zero-order valence-corrected chi connectivity index (χ0v) is 7.95. The summed E-state index contributed by atoms with van der Waals surface area (Å²) in [6.45, 7) is 1.33. The quantitative estimate of drug-likeness (QED) is 0.367. The van der Waals surface area contributed by atoms with E-state index in [1.165, 1.54) is 12.2 Å². The summed E-state index contributed by atoms with van der Waals surface area (Å²) in [6, 6.07) is 0. The largest absolute Gasteiger partial charge is 0.772 e. The van der Waals surface area contributed by atoms with Crippen LogP contribution in [0.4, 0.5) is 0 Å². The Morgan fingerprint density at radius 3 is 2.85 bits per heavy atom. The summed E-state index contributed by atoms with van der Waals surface area (Å²) in [4.78, 5) is 10.7. The average Bonchev–Trinajstić information content (AvgIpc) is 2.00. The van der Waals surface area contributed by atoms with Crippen LogP contribution in [0.1, 0.15) is 6.92 Å².